The second-order valence-corrected chi connectivity index (χ2v) is 5.34. The summed E-state index contributed by atoms with van der Waals surface area (Å²) in [6, 6.07) is 7.91. The summed E-state index contributed by atoms with van der Waals surface area (Å²) in [4.78, 5) is 11.2. The average molecular weight is 276 g/mol. The van der Waals surface area contributed by atoms with Crippen molar-refractivity contribution in [1.82, 2.24) is 5.32 Å². The number of amides is 1. The Hall–Kier alpha value is -1.39. The van der Waals surface area contributed by atoms with Crippen LogP contribution < -0.4 is 10.6 Å². The van der Waals surface area contributed by atoms with Gasteiger partial charge in [0.15, 0.2) is 0 Å². The third-order valence-electron chi connectivity index (χ3n) is 3.80. The van der Waals surface area contributed by atoms with Crippen LogP contribution in [0.5, 0.6) is 0 Å². The molecule has 2 unspecified atom stereocenters. The standard InChI is InChI=1S/C16H24N2O2/c1-3-16-14(8-9-20-16)11-17-10-13-6-4-5-7-15(13)18-12(2)19/h4-7,14,16-17H,3,8-11H2,1-2H3,(H,18,19). The van der Waals surface area contributed by atoms with Crippen molar-refractivity contribution < 1.29 is 9.53 Å². The van der Waals surface area contributed by atoms with Gasteiger partial charge in [0.1, 0.15) is 0 Å². The highest BCUT2D eigenvalue weighted by molar-refractivity contribution is 5.89. The zero-order chi connectivity index (χ0) is 14.4. The molecule has 1 fully saturated rings. The van der Waals surface area contributed by atoms with E-state index in [0.29, 0.717) is 12.0 Å². The molecule has 4 heteroatoms. The maximum absolute atomic E-state index is 11.2. The zero-order valence-corrected chi connectivity index (χ0v) is 12.3. The van der Waals surface area contributed by atoms with E-state index in [9.17, 15) is 4.79 Å². The molecule has 4 nitrogen and oxygen atoms in total. The van der Waals surface area contributed by atoms with E-state index < -0.39 is 0 Å². The fourth-order valence-electron chi connectivity index (χ4n) is 2.76. The summed E-state index contributed by atoms with van der Waals surface area (Å²) in [5, 5.41) is 6.36. The summed E-state index contributed by atoms with van der Waals surface area (Å²) < 4.78 is 5.70. The van der Waals surface area contributed by atoms with Gasteiger partial charge in [0.25, 0.3) is 0 Å². The average Bonchev–Trinajstić information content (AvgIpc) is 2.87. The number of carbonyl (C=O) groups excluding carboxylic acids is 1. The molecule has 2 rings (SSSR count). The van der Waals surface area contributed by atoms with Crippen LogP contribution in [0.1, 0.15) is 32.3 Å². The summed E-state index contributed by atoms with van der Waals surface area (Å²) in [6.07, 6.45) is 2.61. The van der Waals surface area contributed by atoms with Gasteiger partial charge in [-0.25, -0.2) is 0 Å². The van der Waals surface area contributed by atoms with Crippen LogP contribution in [-0.4, -0.2) is 25.2 Å². The van der Waals surface area contributed by atoms with Crippen LogP contribution in [0.25, 0.3) is 0 Å². The Morgan fingerprint density at radius 3 is 2.95 bits per heavy atom. The van der Waals surface area contributed by atoms with E-state index in [4.69, 9.17) is 4.74 Å². The molecule has 2 atom stereocenters. The van der Waals surface area contributed by atoms with Crippen molar-refractivity contribution in [3.05, 3.63) is 29.8 Å². The highest BCUT2D eigenvalue weighted by Gasteiger charge is 2.25. The zero-order valence-electron chi connectivity index (χ0n) is 12.3. The van der Waals surface area contributed by atoms with Gasteiger partial charge < -0.3 is 15.4 Å². The predicted molar refractivity (Wildman–Crippen MR) is 80.6 cm³/mol. The smallest absolute Gasteiger partial charge is 0.221 e. The Labute approximate surface area is 120 Å². The second-order valence-electron chi connectivity index (χ2n) is 5.34. The summed E-state index contributed by atoms with van der Waals surface area (Å²) >= 11 is 0. The Bertz CT molecular complexity index is 448. The summed E-state index contributed by atoms with van der Waals surface area (Å²) in [5.74, 6) is 0.570. The molecule has 0 bridgehead atoms. The topological polar surface area (TPSA) is 50.4 Å². The SMILES string of the molecule is CCC1OCCC1CNCc1ccccc1NC(C)=O. The van der Waals surface area contributed by atoms with E-state index in [2.05, 4.69) is 17.6 Å². The molecule has 0 aromatic heterocycles. The van der Waals surface area contributed by atoms with Gasteiger partial charge in [0, 0.05) is 32.3 Å². The maximum atomic E-state index is 11.2. The molecule has 20 heavy (non-hydrogen) atoms. The lowest BCUT2D eigenvalue weighted by atomic mass is 9.99. The lowest BCUT2D eigenvalue weighted by Crippen LogP contribution is -2.28. The molecule has 1 aromatic rings. The van der Waals surface area contributed by atoms with Crippen molar-refractivity contribution in [1.29, 1.82) is 0 Å². The molecule has 1 aromatic carbocycles. The van der Waals surface area contributed by atoms with E-state index in [-0.39, 0.29) is 5.91 Å². The molecule has 1 amide bonds. The fourth-order valence-corrected chi connectivity index (χ4v) is 2.76. The second kappa shape index (κ2) is 7.41. The molecule has 1 aliphatic heterocycles. The van der Waals surface area contributed by atoms with Gasteiger partial charge in [0.05, 0.1) is 6.10 Å². The van der Waals surface area contributed by atoms with Gasteiger partial charge >= 0.3 is 0 Å². The van der Waals surface area contributed by atoms with Crippen molar-refractivity contribution in [2.24, 2.45) is 5.92 Å². The molecule has 1 saturated heterocycles. The van der Waals surface area contributed by atoms with Gasteiger partial charge in [-0.15, -0.1) is 0 Å². The van der Waals surface area contributed by atoms with Crippen LogP contribution in [-0.2, 0) is 16.1 Å². The minimum Gasteiger partial charge on any atom is -0.378 e. The Morgan fingerprint density at radius 2 is 2.20 bits per heavy atom. The van der Waals surface area contributed by atoms with Crippen molar-refractivity contribution in [2.75, 3.05) is 18.5 Å². The van der Waals surface area contributed by atoms with E-state index in [0.717, 1.165) is 43.8 Å². The Morgan fingerprint density at radius 1 is 1.40 bits per heavy atom. The lowest BCUT2D eigenvalue weighted by Gasteiger charge is -2.18. The van der Waals surface area contributed by atoms with E-state index in [1.54, 1.807) is 0 Å². The molecule has 110 valence electrons. The molecule has 1 aliphatic rings. The molecular formula is C16H24N2O2. The van der Waals surface area contributed by atoms with Crippen LogP contribution in [0.2, 0.25) is 0 Å². The molecule has 0 aliphatic carbocycles. The monoisotopic (exact) mass is 276 g/mol. The number of para-hydroxylation sites is 1. The normalized spacial score (nSPS) is 21.9. The number of ether oxygens (including phenoxy) is 1. The quantitative estimate of drug-likeness (QED) is 0.839. The number of benzene rings is 1. The van der Waals surface area contributed by atoms with Crippen molar-refractivity contribution in [2.45, 2.75) is 39.3 Å². The highest BCUT2D eigenvalue weighted by atomic mass is 16.5. The number of hydrogen-bond donors (Lipinski definition) is 2. The van der Waals surface area contributed by atoms with Gasteiger partial charge in [0.2, 0.25) is 5.91 Å². The van der Waals surface area contributed by atoms with E-state index in [1.807, 2.05) is 24.3 Å². The van der Waals surface area contributed by atoms with Crippen molar-refractivity contribution in [3.8, 4) is 0 Å². The first kappa shape index (κ1) is 15.0. The Balaban J connectivity index is 1.86. The summed E-state index contributed by atoms with van der Waals surface area (Å²) in [7, 11) is 0. The van der Waals surface area contributed by atoms with E-state index in [1.165, 1.54) is 6.92 Å². The predicted octanol–water partition coefficient (Wildman–Crippen LogP) is 2.55. The number of carbonyl (C=O) groups is 1. The van der Waals surface area contributed by atoms with Crippen LogP contribution in [0.4, 0.5) is 5.69 Å². The first-order chi connectivity index (χ1) is 9.70. The minimum absolute atomic E-state index is 0.0345. The largest absolute Gasteiger partial charge is 0.378 e. The fraction of sp³-hybridized carbons (Fsp3) is 0.562. The molecule has 0 saturated carbocycles. The number of anilines is 1. The molecular weight excluding hydrogens is 252 g/mol. The first-order valence-corrected chi connectivity index (χ1v) is 7.38. The van der Waals surface area contributed by atoms with Crippen molar-refractivity contribution in [3.63, 3.8) is 0 Å². The van der Waals surface area contributed by atoms with Crippen LogP contribution in [0.3, 0.4) is 0 Å². The molecule has 0 radical (unpaired) electrons. The molecule has 2 N–H and O–H groups in total. The van der Waals surface area contributed by atoms with Gasteiger partial charge in [-0.3, -0.25) is 4.79 Å². The van der Waals surface area contributed by atoms with Crippen molar-refractivity contribution >= 4 is 11.6 Å². The third kappa shape index (κ3) is 4.05. The molecule has 0 spiro atoms. The lowest BCUT2D eigenvalue weighted by molar-refractivity contribution is -0.114. The first-order valence-electron chi connectivity index (χ1n) is 7.38. The number of hydrogen-bond acceptors (Lipinski definition) is 3. The van der Waals surface area contributed by atoms with E-state index >= 15 is 0 Å². The maximum Gasteiger partial charge on any atom is 0.221 e. The number of nitrogens with one attached hydrogen (secondary N) is 2. The van der Waals surface area contributed by atoms with Gasteiger partial charge in [-0.1, -0.05) is 25.1 Å². The van der Waals surface area contributed by atoms with Gasteiger partial charge in [-0.2, -0.15) is 0 Å². The Kier molecular flexibility index (Phi) is 5.56. The van der Waals surface area contributed by atoms with Crippen LogP contribution >= 0.6 is 0 Å². The summed E-state index contributed by atoms with van der Waals surface area (Å²) in [6.45, 7) is 6.32. The third-order valence-corrected chi connectivity index (χ3v) is 3.80. The highest BCUT2D eigenvalue weighted by Crippen LogP contribution is 2.23. The van der Waals surface area contributed by atoms with Gasteiger partial charge in [-0.05, 0) is 30.4 Å². The van der Waals surface area contributed by atoms with Crippen LogP contribution in [0.15, 0.2) is 24.3 Å². The minimum atomic E-state index is -0.0345. The number of rotatable bonds is 6. The summed E-state index contributed by atoms with van der Waals surface area (Å²) in [5.41, 5.74) is 2.01. The van der Waals surface area contributed by atoms with Crippen LogP contribution in [0, 0.1) is 5.92 Å². The molecule has 1 heterocycles.